The highest BCUT2D eigenvalue weighted by molar-refractivity contribution is 6.55. The van der Waals surface area contributed by atoms with Gasteiger partial charge in [-0.25, -0.2) is 4.39 Å². The summed E-state index contributed by atoms with van der Waals surface area (Å²) in [5, 5.41) is 3.97. The molecular weight excluding hydrogens is 351 g/mol. The minimum Gasteiger partial charge on any atom is -0.398 e. The summed E-state index contributed by atoms with van der Waals surface area (Å²) >= 11 is 0. The van der Waals surface area contributed by atoms with Crippen LogP contribution in [0.4, 0.5) is 17.6 Å². The van der Waals surface area contributed by atoms with E-state index in [0.717, 1.165) is 25.5 Å². The summed E-state index contributed by atoms with van der Waals surface area (Å²) in [4.78, 5) is 0. The molecule has 1 saturated heterocycles. The van der Waals surface area contributed by atoms with Crippen molar-refractivity contribution in [1.82, 2.24) is 9.78 Å². The number of aromatic nitrogens is 2. The van der Waals surface area contributed by atoms with E-state index in [-0.39, 0.29) is 5.56 Å². The summed E-state index contributed by atoms with van der Waals surface area (Å²) in [6, 6.07) is 0. The van der Waals surface area contributed by atoms with Gasteiger partial charge in [0.25, 0.3) is 0 Å². The first-order valence-corrected chi connectivity index (χ1v) is 8.76. The van der Waals surface area contributed by atoms with Crippen LogP contribution in [0.1, 0.15) is 52.5 Å². The molecule has 144 valence electrons. The quantitative estimate of drug-likeness (QED) is 0.573. The number of alkyl halides is 3. The Morgan fingerprint density at radius 3 is 2.27 bits per heavy atom. The summed E-state index contributed by atoms with van der Waals surface area (Å²) in [6.07, 6.45) is 0.609. The van der Waals surface area contributed by atoms with Gasteiger partial charge in [-0.2, -0.15) is 18.3 Å². The third-order valence-corrected chi connectivity index (χ3v) is 5.57. The lowest BCUT2D eigenvalue weighted by atomic mass is 9.83. The standard InChI is InChI=1S/C17H23BF4N2O2/c1-15(2)16(3,4)26-18(25-15)14(19)13(17(20,21)22)12-8-23-24(10-12)9-11-6-5-7-11/h8,10-11H,5-7,9H2,1-4H3. The fraction of sp³-hybridized carbons (Fsp3) is 0.706. The average molecular weight is 374 g/mol. The smallest absolute Gasteiger partial charge is 0.398 e. The van der Waals surface area contributed by atoms with E-state index in [1.165, 1.54) is 10.9 Å². The number of allylic oxidation sites excluding steroid dienone is 1. The molecule has 1 aliphatic heterocycles. The zero-order chi connectivity index (χ0) is 19.3. The van der Waals surface area contributed by atoms with E-state index in [1.54, 1.807) is 27.7 Å². The molecule has 0 unspecified atom stereocenters. The fourth-order valence-corrected chi connectivity index (χ4v) is 3.03. The van der Waals surface area contributed by atoms with E-state index in [9.17, 15) is 17.6 Å². The molecule has 3 rings (SSSR count). The maximum Gasteiger partial charge on any atom is 0.525 e. The van der Waals surface area contributed by atoms with Crippen molar-refractivity contribution in [1.29, 1.82) is 0 Å². The first-order chi connectivity index (χ1) is 11.9. The number of halogens is 4. The van der Waals surface area contributed by atoms with Crippen molar-refractivity contribution in [3.8, 4) is 0 Å². The molecule has 0 radical (unpaired) electrons. The van der Waals surface area contributed by atoms with Crippen LogP contribution < -0.4 is 0 Å². The summed E-state index contributed by atoms with van der Waals surface area (Å²) < 4.78 is 68.0. The largest absolute Gasteiger partial charge is 0.525 e. The molecular formula is C17H23BF4N2O2. The van der Waals surface area contributed by atoms with Crippen LogP contribution in [-0.4, -0.2) is 34.3 Å². The third kappa shape index (κ3) is 3.56. The lowest BCUT2D eigenvalue weighted by molar-refractivity contribution is -0.0699. The molecule has 2 aliphatic rings. The Morgan fingerprint density at radius 2 is 1.81 bits per heavy atom. The SMILES string of the molecule is CC1(C)OB(C(F)=C(c2cnn(CC3CCC3)c2)C(F)(F)F)OC1(C)C. The molecule has 1 aliphatic carbocycles. The van der Waals surface area contributed by atoms with E-state index in [4.69, 9.17) is 9.31 Å². The van der Waals surface area contributed by atoms with Crippen LogP contribution in [0, 0.1) is 5.92 Å². The molecule has 0 atom stereocenters. The molecule has 1 aromatic rings. The summed E-state index contributed by atoms with van der Waals surface area (Å²) in [7, 11) is -1.70. The van der Waals surface area contributed by atoms with Crippen molar-refractivity contribution in [2.45, 2.75) is 70.9 Å². The van der Waals surface area contributed by atoms with Gasteiger partial charge < -0.3 is 9.31 Å². The Bertz CT molecular complexity index is 692. The number of rotatable bonds is 4. The van der Waals surface area contributed by atoms with Gasteiger partial charge >= 0.3 is 13.3 Å². The predicted molar refractivity (Wildman–Crippen MR) is 89.7 cm³/mol. The molecule has 1 saturated carbocycles. The van der Waals surface area contributed by atoms with E-state index in [2.05, 4.69) is 5.10 Å². The Morgan fingerprint density at radius 1 is 1.23 bits per heavy atom. The van der Waals surface area contributed by atoms with Crippen LogP contribution in [0.5, 0.6) is 0 Å². The molecule has 0 bridgehead atoms. The maximum atomic E-state index is 14.9. The second kappa shape index (κ2) is 6.37. The average Bonchev–Trinajstić information content (AvgIpc) is 2.96. The van der Waals surface area contributed by atoms with Crippen LogP contribution in [0.2, 0.25) is 0 Å². The van der Waals surface area contributed by atoms with Gasteiger partial charge in [-0.15, -0.1) is 0 Å². The Kier molecular flexibility index (Phi) is 4.76. The lowest BCUT2D eigenvalue weighted by Gasteiger charge is -2.32. The predicted octanol–water partition coefficient (Wildman–Crippen LogP) is 4.56. The summed E-state index contributed by atoms with van der Waals surface area (Å²) in [6.45, 7) is 7.17. The third-order valence-electron chi connectivity index (χ3n) is 5.57. The zero-order valence-electron chi connectivity index (χ0n) is 15.4. The minimum atomic E-state index is -4.89. The van der Waals surface area contributed by atoms with Gasteiger partial charge in [0, 0.05) is 18.3 Å². The van der Waals surface area contributed by atoms with Crippen molar-refractivity contribution >= 4 is 12.7 Å². The second-order valence-electron chi connectivity index (χ2n) is 8.06. The van der Waals surface area contributed by atoms with Gasteiger partial charge in [0.15, 0.2) is 0 Å². The van der Waals surface area contributed by atoms with Crippen molar-refractivity contribution in [3.63, 3.8) is 0 Å². The van der Waals surface area contributed by atoms with Gasteiger partial charge in [0.2, 0.25) is 0 Å². The second-order valence-corrected chi connectivity index (χ2v) is 8.06. The van der Waals surface area contributed by atoms with Crippen molar-refractivity contribution in [2.75, 3.05) is 0 Å². The molecule has 0 amide bonds. The zero-order valence-corrected chi connectivity index (χ0v) is 15.4. The Hall–Kier alpha value is -1.35. The normalized spacial score (nSPS) is 23.8. The van der Waals surface area contributed by atoms with Gasteiger partial charge in [-0.3, -0.25) is 4.68 Å². The van der Waals surface area contributed by atoms with Crippen molar-refractivity contribution < 1.29 is 26.9 Å². The molecule has 4 nitrogen and oxygen atoms in total. The molecule has 0 aromatic carbocycles. The van der Waals surface area contributed by atoms with Gasteiger partial charge in [0.1, 0.15) is 5.73 Å². The van der Waals surface area contributed by atoms with Crippen LogP contribution in [0.3, 0.4) is 0 Å². The number of hydrogen-bond acceptors (Lipinski definition) is 3. The van der Waals surface area contributed by atoms with E-state index >= 15 is 0 Å². The molecule has 0 spiro atoms. The maximum absolute atomic E-state index is 14.9. The van der Waals surface area contributed by atoms with Crippen LogP contribution in [-0.2, 0) is 15.9 Å². The highest BCUT2D eigenvalue weighted by Gasteiger charge is 2.55. The van der Waals surface area contributed by atoms with Crippen LogP contribution >= 0.6 is 0 Å². The molecule has 2 fully saturated rings. The first-order valence-electron chi connectivity index (χ1n) is 8.76. The van der Waals surface area contributed by atoms with Gasteiger partial charge in [0.05, 0.1) is 23.0 Å². The van der Waals surface area contributed by atoms with Crippen molar-refractivity contribution in [2.24, 2.45) is 5.92 Å². The topological polar surface area (TPSA) is 36.3 Å². The van der Waals surface area contributed by atoms with Gasteiger partial charge in [-0.1, -0.05) is 6.42 Å². The molecule has 0 N–H and O–H groups in total. The molecule has 9 heteroatoms. The fourth-order valence-electron chi connectivity index (χ4n) is 3.03. The lowest BCUT2D eigenvalue weighted by Crippen LogP contribution is -2.41. The minimum absolute atomic E-state index is 0.316. The van der Waals surface area contributed by atoms with E-state index < -0.39 is 35.8 Å². The molecule has 2 heterocycles. The van der Waals surface area contributed by atoms with E-state index in [0.29, 0.717) is 12.5 Å². The monoisotopic (exact) mass is 374 g/mol. The number of nitrogens with zero attached hydrogens (tertiary/aromatic N) is 2. The summed E-state index contributed by atoms with van der Waals surface area (Å²) in [5.74, 6) is 0.425. The molecule has 26 heavy (non-hydrogen) atoms. The van der Waals surface area contributed by atoms with Crippen LogP contribution in [0.15, 0.2) is 18.1 Å². The summed E-state index contributed by atoms with van der Waals surface area (Å²) in [5.41, 5.74) is -5.04. The highest BCUT2D eigenvalue weighted by atomic mass is 19.4. The first kappa shape index (κ1) is 19.4. The molecule has 1 aromatic heterocycles. The van der Waals surface area contributed by atoms with Crippen LogP contribution in [0.25, 0.3) is 5.57 Å². The van der Waals surface area contributed by atoms with Crippen molar-refractivity contribution in [3.05, 3.63) is 23.7 Å². The number of hydrogen-bond donors (Lipinski definition) is 0. The Balaban J connectivity index is 1.92. The highest BCUT2D eigenvalue weighted by Crippen LogP contribution is 2.43. The Labute approximate surface area is 150 Å². The van der Waals surface area contributed by atoms with E-state index in [1.807, 2.05) is 0 Å². The van der Waals surface area contributed by atoms with Gasteiger partial charge in [-0.05, 0) is 46.5 Å².